The van der Waals surface area contributed by atoms with Gasteiger partial charge in [0, 0.05) is 25.0 Å². The zero-order valence-electron chi connectivity index (χ0n) is 14.0. The summed E-state index contributed by atoms with van der Waals surface area (Å²) in [5.41, 5.74) is 1.60. The minimum absolute atomic E-state index is 0.0896. The number of ether oxygens (including phenoxy) is 1. The lowest BCUT2D eigenvalue weighted by atomic mass is 10.2. The highest BCUT2D eigenvalue weighted by Crippen LogP contribution is 2.30. The summed E-state index contributed by atoms with van der Waals surface area (Å²) in [6.45, 7) is 0.750. The molecular weight excluding hydrogens is 387 g/mol. The Morgan fingerprint density at radius 3 is 2.56 bits per heavy atom. The molecular formula is C19H18BrFN2O2. The monoisotopic (exact) mass is 404 g/mol. The summed E-state index contributed by atoms with van der Waals surface area (Å²) in [5, 5.41) is 1.00. The lowest BCUT2D eigenvalue weighted by Gasteiger charge is -2.18. The molecule has 0 aliphatic heterocycles. The number of halogens is 2. The van der Waals surface area contributed by atoms with Crippen molar-refractivity contribution in [3.8, 4) is 5.75 Å². The highest BCUT2D eigenvalue weighted by Gasteiger charge is 2.22. The van der Waals surface area contributed by atoms with E-state index >= 15 is 0 Å². The summed E-state index contributed by atoms with van der Waals surface area (Å²) in [5.74, 6) is 0.182. The predicted molar refractivity (Wildman–Crippen MR) is 99.5 cm³/mol. The van der Waals surface area contributed by atoms with Crippen LogP contribution in [-0.2, 0) is 7.05 Å². The largest absolute Gasteiger partial charge is 0.492 e. The Morgan fingerprint density at radius 1 is 1.20 bits per heavy atom. The molecule has 1 aromatic heterocycles. The molecule has 1 heterocycles. The number of fused-ring (bicyclic) bond motifs is 1. The van der Waals surface area contributed by atoms with Crippen LogP contribution in [0.4, 0.5) is 4.39 Å². The first-order chi connectivity index (χ1) is 12.0. The highest BCUT2D eigenvalue weighted by molar-refractivity contribution is 9.10. The van der Waals surface area contributed by atoms with Gasteiger partial charge in [-0.25, -0.2) is 4.39 Å². The number of para-hydroxylation sites is 1. The van der Waals surface area contributed by atoms with Crippen LogP contribution in [0.5, 0.6) is 5.75 Å². The molecule has 0 N–H and O–H groups in total. The molecule has 0 bridgehead atoms. The topological polar surface area (TPSA) is 34.5 Å². The molecule has 25 heavy (non-hydrogen) atoms. The molecule has 0 fully saturated rings. The minimum Gasteiger partial charge on any atom is -0.492 e. The van der Waals surface area contributed by atoms with Gasteiger partial charge in [-0.1, -0.05) is 18.2 Å². The summed E-state index contributed by atoms with van der Waals surface area (Å²) in [7, 11) is 3.61. The Balaban J connectivity index is 1.69. The first kappa shape index (κ1) is 17.5. The van der Waals surface area contributed by atoms with E-state index in [1.165, 1.54) is 12.1 Å². The normalized spacial score (nSPS) is 10.9. The fraction of sp³-hybridized carbons (Fsp3) is 0.211. The van der Waals surface area contributed by atoms with E-state index in [1.54, 1.807) is 24.1 Å². The number of aryl methyl sites for hydroxylation is 1. The number of aromatic nitrogens is 1. The molecule has 1 amide bonds. The van der Waals surface area contributed by atoms with E-state index in [-0.39, 0.29) is 11.7 Å². The molecule has 0 saturated heterocycles. The molecule has 0 saturated carbocycles. The molecule has 0 atom stereocenters. The summed E-state index contributed by atoms with van der Waals surface area (Å²) in [6.07, 6.45) is 0. The molecule has 0 spiro atoms. The molecule has 6 heteroatoms. The van der Waals surface area contributed by atoms with Crippen molar-refractivity contribution in [3.63, 3.8) is 0 Å². The quantitative estimate of drug-likeness (QED) is 0.637. The van der Waals surface area contributed by atoms with E-state index in [1.807, 2.05) is 35.9 Å². The van der Waals surface area contributed by atoms with Crippen LogP contribution in [0.25, 0.3) is 10.9 Å². The second-order valence-electron chi connectivity index (χ2n) is 5.77. The lowest BCUT2D eigenvalue weighted by Crippen LogP contribution is -2.32. The van der Waals surface area contributed by atoms with E-state index in [9.17, 15) is 9.18 Å². The van der Waals surface area contributed by atoms with Gasteiger partial charge < -0.3 is 14.2 Å². The molecule has 0 radical (unpaired) electrons. The summed E-state index contributed by atoms with van der Waals surface area (Å²) < 4.78 is 21.1. The second kappa shape index (κ2) is 7.27. The van der Waals surface area contributed by atoms with Crippen LogP contribution in [0, 0.1) is 5.82 Å². The summed E-state index contributed by atoms with van der Waals surface area (Å²) >= 11 is 3.55. The number of benzene rings is 2. The van der Waals surface area contributed by atoms with Crippen molar-refractivity contribution in [1.82, 2.24) is 9.47 Å². The van der Waals surface area contributed by atoms with Crippen LogP contribution in [0.1, 0.15) is 10.5 Å². The van der Waals surface area contributed by atoms with Gasteiger partial charge in [0.25, 0.3) is 5.91 Å². The van der Waals surface area contributed by atoms with Gasteiger partial charge in [0.1, 0.15) is 23.9 Å². The number of hydrogen-bond acceptors (Lipinski definition) is 2. The minimum atomic E-state index is -0.305. The number of hydrogen-bond donors (Lipinski definition) is 0. The third-order valence-corrected chi connectivity index (χ3v) is 4.91. The molecule has 4 nitrogen and oxygen atoms in total. The van der Waals surface area contributed by atoms with Gasteiger partial charge in [-0.05, 0) is 46.3 Å². The number of likely N-dealkylation sites (N-methyl/N-ethyl adjacent to an activating group) is 1. The fourth-order valence-corrected chi connectivity index (χ4v) is 3.47. The standard InChI is InChI=1S/C19H18BrFN2O2/c1-22(11-12-25-14-9-7-13(21)8-10-14)19(24)18-17(20)15-5-3-4-6-16(15)23(18)2/h3-10H,11-12H2,1-2H3. The molecule has 2 aromatic carbocycles. The van der Waals surface area contributed by atoms with Gasteiger partial charge >= 0.3 is 0 Å². The summed E-state index contributed by atoms with van der Waals surface area (Å²) in [4.78, 5) is 14.4. The third kappa shape index (κ3) is 3.54. The van der Waals surface area contributed by atoms with Gasteiger partial charge in [0.15, 0.2) is 0 Å². The van der Waals surface area contributed by atoms with Crippen molar-refractivity contribution in [2.45, 2.75) is 0 Å². The summed E-state index contributed by atoms with van der Waals surface area (Å²) in [6, 6.07) is 13.7. The SMILES string of the molecule is CN(CCOc1ccc(F)cc1)C(=O)c1c(Br)c2ccccc2n1C. The molecule has 0 unspecified atom stereocenters. The first-order valence-electron chi connectivity index (χ1n) is 7.86. The van der Waals surface area contributed by atoms with Crippen molar-refractivity contribution in [1.29, 1.82) is 0 Å². The maximum absolute atomic E-state index is 12.9. The molecule has 3 rings (SSSR count). The average Bonchev–Trinajstić information content (AvgIpc) is 2.87. The van der Waals surface area contributed by atoms with Crippen LogP contribution < -0.4 is 4.74 Å². The number of carbonyl (C=O) groups excluding carboxylic acids is 1. The van der Waals surface area contributed by atoms with E-state index in [0.29, 0.717) is 24.6 Å². The number of rotatable bonds is 5. The lowest BCUT2D eigenvalue weighted by molar-refractivity contribution is 0.0764. The maximum Gasteiger partial charge on any atom is 0.271 e. The maximum atomic E-state index is 12.9. The van der Waals surface area contributed by atoms with Crippen LogP contribution >= 0.6 is 15.9 Å². The van der Waals surface area contributed by atoms with Gasteiger partial charge in [0.2, 0.25) is 0 Å². The van der Waals surface area contributed by atoms with Crippen LogP contribution in [-0.4, -0.2) is 35.6 Å². The smallest absolute Gasteiger partial charge is 0.271 e. The highest BCUT2D eigenvalue weighted by atomic mass is 79.9. The average molecular weight is 405 g/mol. The molecule has 130 valence electrons. The van der Waals surface area contributed by atoms with Crippen LogP contribution in [0.15, 0.2) is 53.0 Å². The van der Waals surface area contributed by atoms with E-state index in [0.717, 1.165) is 15.4 Å². The van der Waals surface area contributed by atoms with Gasteiger partial charge in [-0.3, -0.25) is 4.79 Å². The Hall–Kier alpha value is -2.34. The Morgan fingerprint density at radius 2 is 1.88 bits per heavy atom. The fourth-order valence-electron chi connectivity index (χ4n) is 2.70. The second-order valence-corrected chi connectivity index (χ2v) is 6.56. The van der Waals surface area contributed by atoms with Crippen molar-refractivity contribution < 1.29 is 13.9 Å². The Kier molecular flexibility index (Phi) is 5.08. The molecule has 3 aromatic rings. The van der Waals surface area contributed by atoms with Crippen LogP contribution in [0.3, 0.4) is 0 Å². The van der Waals surface area contributed by atoms with Crippen molar-refractivity contribution in [2.75, 3.05) is 20.2 Å². The zero-order chi connectivity index (χ0) is 18.0. The van der Waals surface area contributed by atoms with E-state index in [2.05, 4.69) is 15.9 Å². The molecule has 0 aliphatic carbocycles. The van der Waals surface area contributed by atoms with Crippen molar-refractivity contribution in [2.24, 2.45) is 7.05 Å². The number of amides is 1. The predicted octanol–water partition coefficient (Wildman–Crippen LogP) is 4.23. The van der Waals surface area contributed by atoms with Crippen molar-refractivity contribution in [3.05, 3.63) is 64.5 Å². The Bertz CT molecular complexity index is 867. The van der Waals surface area contributed by atoms with E-state index < -0.39 is 0 Å². The van der Waals surface area contributed by atoms with Gasteiger partial charge in [0.05, 0.1) is 11.0 Å². The first-order valence-corrected chi connectivity index (χ1v) is 8.65. The zero-order valence-corrected chi connectivity index (χ0v) is 15.6. The van der Waals surface area contributed by atoms with E-state index in [4.69, 9.17) is 4.74 Å². The van der Waals surface area contributed by atoms with Gasteiger partial charge in [-0.15, -0.1) is 0 Å². The van der Waals surface area contributed by atoms with Crippen LogP contribution in [0.2, 0.25) is 0 Å². The van der Waals surface area contributed by atoms with Gasteiger partial charge in [-0.2, -0.15) is 0 Å². The number of carbonyl (C=O) groups is 1. The number of nitrogens with zero attached hydrogens (tertiary/aromatic N) is 2. The molecule has 0 aliphatic rings. The Labute approximate surface area is 153 Å². The van der Waals surface area contributed by atoms with Crippen molar-refractivity contribution >= 4 is 32.7 Å². The third-order valence-electron chi connectivity index (χ3n) is 4.10.